The number of carbonyl (C=O) groups excluding carboxylic acids is 1. The van der Waals surface area contributed by atoms with Gasteiger partial charge in [0.05, 0.1) is 24.7 Å². The Morgan fingerprint density at radius 3 is 2.62 bits per heavy atom. The number of aromatic nitrogens is 2. The van der Waals surface area contributed by atoms with Crippen molar-refractivity contribution in [3.05, 3.63) is 58.9 Å². The lowest BCUT2D eigenvalue weighted by Crippen LogP contribution is -2.38. The first kappa shape index (κ1) is 19.6. The fourth-order valence-corrected chi connectivity index (χ4v) is 4.60. The van der Waals surface area contributed by atoms with Crippen LogP contribution in [-0.2, 0) is 13.6 Å². The molecule has 2 heterocycles. The maximum atomic E-state index is 13.2. The zero-order valence-corrected chi connectivity index (χ0v) is 17.7. The van der Waals surface area contributed by atoms with E-state index in [-0.39, 0.29) is 11.7 Å². The Hall–Kier alpha value is -2.66. The summed E-state index contributed by atoms with van der Waals surface area (Å²) in [4.78, 5) is 20.4. The van der Waals surface area contributed by atoms with Gasteiger partial charge in [-0.25, -0.2) is 4.98 Å². The van der Waals surface area contributed by atoms with Crippen LogP contribution in [0.4, 0.5) is 0 Å². The monoisotopic (exact) mass is 391 g/mol. The van der Waals surface area contributed by atoms with Crippen LogP contribution in [0, 0.1) is 19.8 Å². The molecule has 4 rings (SSSR count). The number of ether oxygens (including phenoxy) is 1. The number of ketones is 1. The van der Waals surface area contributed by atoms with Crippen molar-refractivity contribution < 1.29 is 9.53 Å². The molecule has 1 fully saturated rings. The second-order valence-corrected chi connectivity index (χ2v) is 8.16. The molecule has 0 aliphatic carbocycles. The van der Waals surface area contributed by atoms with E-state index in [2.05, 4.69) is 28.6 Å². The number of likely N-dealkylation sites (tertiary alicyclic amines) is 1. The van der Waals surface area contributed by atoms with Crippen LogP contribution in [0.2, 0.25) is 0 Å². The first-order valence-corrected chi connectivity index (χ1v) is 10.3. The summed E-state index contributed by atoms with van der Waals surface area (Å²) in [5.74, 6) is 2.20. The molecule has 5 heteroatoms. The molecule has 2 aromatic carbocycles. The third-order valence-corrected chi connectivity index (χ3v) is 6.07. The molecule has 29 heavy (non-hydrogen) atoms. The van der Waals surface area contributed by atoms with Gasteiger partial charge in [-0.2, -0.15) is 0 Å². The van der Waals surface area contributed by atoms with Crippen LogP contribution in [0.25, 0.3) is 11.0 Å². The van der Waals surface area contributed by atoms with E-state index in [0.717, 1.165) is 71.8 Å². The van der Waals surface area contributed by atoms with E-state index >= 15 is 0 Å². The summed E-state index contributed by atoms with van der Waals surface area (Å²) in [6.07, 6.45) is 1.98. The number of imidazole rings is 1. The molecule has 152 valence electrons. The highest BCUT2D eigenvalue weighted by Crippen LogP contribution is 2.28. The molecule has 1 saturated heterocycles. The lowest BCUT2D eigenvalue weighted by molar-refractivity contribution is 0.0807. The Bertz CT molecular complexity index is 1030. The highest BCUT2D eigenvalue weighted by atomic mass is 16.5. The Balaban J connectivity index is 1.50. The number of nitrogens with zero attached hydrogens (tertiary/aromatic N) is 3. The molecule has 0 amide bonds. The molecule has 5 nitrogen and oxygen atoms in total. The van der Waals surface area contributed by atoms with E-state index in [4.69, 9.17) is 9.72 Å². The summed E-state index contributed by atoms with van der Waals surface area (Å²) >= 11 is 0. The SMILES string of the molecule is COc1c(C)cc(C(=O)[C@@H]2CCCN(Cc3nc4ccccc4n3C)C2)cc1C. The van der Waals surface area contributed by atoms with Gasteiger partial charge >= 0.3 is 0 Å². The van der Waals surface area contributed by atoms with Gasteiger partial charge in [-0.15, -0.1) is 0 Å². The van der Waals surface area contributed by atoms with Crippen LogP contribution >= 0.6 is 0 Å². The van der Waals surface area contributed by atoms with Gasteiger partial charge in [0.25, 0.3) is 0 Å². The second-order valence-electron chi connectivity index (χ2n) is 8.16. The highest BCUT2D eigenvalue weighted by Gasteiger charge is 2.28. The Kier molecular flexibility index (Phi) is 5.41. The van der Waals surface area contributed by atoms with Crippen molar-refractivity contribution in [2.75, 3.05) is 20.2 Å². The van der Waals surface area contributed by atoms with Gasteiger partial charge in [0.15, 0.2) is 5.78 Å². The number of aryl methyl sites for hydroxylation is 3. The molecule has 0 saturated carbocycles. The Labute approximate surface area is 172 Å². The minimum Gasteiger partial charge on any atom is -0.496 e. The molecule has 0 spiro atoms. The average molecular weight is 392 g/mol. The molecule has 1 aliphatic rings. The maximum Gasteiger partial charge on any atom is 0.167 e. The van der Waals surface area contributed by atoms with Gasteiger partial charge in [-0.05, 0) is 68.6 Å². The molecule has 1 atom stereocenters. The van der Waals surface area contributed by atoms with Crippen molar-refractivity contribution in [1.82, 2.24) is 14.5 Å². The summed E-state index contributed by atoms with van der Waals surface area (Å²) in [7, 11) is 3.75. The number of hydrogen-bond acceptors (Lipinski definition) is 4. The van der Waals surface area contributed by atoms with Crippen molar-refractivity contribution in [2.24, 2.45) is 13.0 Å². The van der Waals surface area contributed by atoms with Crippen LogP contribution in [0.15, 0.2) is 36.4 Å². The minimum atomic E-state index is 0.0330. The number of piperidine rings is 1. The smallest absolute Gasteiger partial charge is 0.167 e. The van der Waals surface area contributed by atoms with Crippen LogP contribution < -0.4 is 4.74 Å². The van der Waals surface area contributed by atoms with E-state index in [1.165, 1.54) is 0 Å². The average Bonchev–Trinajstić information content (AvgIpc) is 3.03. The number of methoxy groups -OCH3 is 1. The quantitative estimate of drug-likeness (QED) is 0.609. The van der Waals surface area contributed by atoms with Crippen molar-refractivity contribution in [3.63, 3.8) is 0 Å². The first-order chi connectivity index (χ1) is 14.0. The van der Waals surface area contributed by atoms with Gasteiger partial charge in [0.1, 0.15) is 11.6 Å². The number of para-hydroxylation sites is 2. The van der Waals surface area contributed by atoms with Gasteiger partial charge in [0, 0.05) is 25.1 Å². The predicted octanol–water partition coefficient (Wildman–Crippen LogP) is 4.29. The topological polar surface area (TPSA) is 47.4 Å². The van der Waals surface area contributed by atoms with Crippen LogP contribution in [-0.4, -0.2) is 40.4 Å². The molecule has 0 radical (unpaired) electrons. The minimum absolute atomic E-state index is 0.0330. The van der Waals surface area contributed by atoms with Crippen LogP contribution in [0.5, 0.6) is 5.75 Å². The number of fused-ring (bicyclic) bond motifs is 1. The molecule has 1 aliphatic heterocycles. The molecular formula is C24H29N3O2. The number of benzene rings is 2. The van der Waals surface area contributed by atoms with Gasteiger partial charge < -0.3 is 9.30 Å². The highest BCUT2D eigenvalue weighted by molar-refractivity contribution is 5.98. The van der Waals surface area contributed by atoms with Crippen molar-refractivity contribution in [2.45, 2.75) is 33.2 Å². The van der Waals surface area contributed by atoms with Gasteiger partial charge in [0.2, 0.25) is 0 Å². The summed E-state index contributed by atoms with van der Waals surface area (Å²) in [6, 6.07) is 12.2. The third kappa shape index (κ3) is 3.79. The lowest BCUT2D eigenvalue weighted by atomic mass is 9.88. The number of rotatable bonds is 5. The van der Waals surface area contributed by atoms with E-state index in [1.54, 1.807) is 7.11 Å². The van der Waals surface area contributed by atoms with E-state index in [1.807, 2.05) is 38.1 Å². The van der Waals surface area contributed by atoms with Crippen molar-refractivity contribution >= 4 is 16.8 Å². The van der Waals surface area contributed by atoms with Crippen molar-refractivity contribution in [1.29, 1.82) is 0 Å². The third-order valence-electron chi connectivity index (χ3n) is 6.07. The zero-order valence-electron chi connectivity index (χ0n) is 17.7. The van der Waals surface area contributed by atoms with E-state index in [0.29, 0.717) is 0 Å². The summed E-state index contributed by atoms with van der Waals surface area (Å²) in [6.45, 7) is 6.57. The van der Waals surface area contributed by atoms with E-state index in [9.17, 15) is 4.79 Å². The fraction of sp³-hybridized carbons (Fsp3) is 0.417. The Morgan fingerprint density at radius 1 is 1.21 bits per heavy atom. The number of carbonyl (C=O) groups is 1. The molecule has 3 aromatic rings. The van der Waals surface area contributed by atoms with Crippen LogP contribution in [0.1, 0.15) is 40.2 Å². The molecule has 0 N–H and O–H groups in total. The van der Waals surface area contributed by atoms with Gasteiger partial charge in [-0.1, -0.05) is 12.1 Å². The number of hydrogen-bond donors (Lipinski definition) is 0. The molecule has 1 aromatic heterocycles. The second kappa shape index (κ2) is 7.99. The lowest BCUT2D eigenvalue weighted by Gasteiger charge is -2.31. The standard InChI is InChI=1S/C24H29N3O2/c1-16-12-19(13-17(2)24(16)29-4)23(28)18-8-7-11-27(14-18)15-22-25-20-9-5-6-10-21(20)26(22)3/h5-6,9-10,12-13,18H,7-8,11,14-15H2,1-4H3/t18-/m1/s1. The fourth-order valence-electron chi connectivity index (χ4n) is 4.60. The first-order valence-electron chi connectivity index (χ1n) is 10.3. The van der Waals surface area contributed by atoms with E-state index < -0.39 is 0 Å². The molecule has 0 unspecified atom stereocenters. The number of Topliss-reactive ketones (excluding diaryl/α,β-unsaturated/α-hetero) is 1. The normalized spacial score (nSPS) is 17.6. The zero-order chi connectivity index (χ0) is 20.5. The predicted molar refractivity (Wildman–Crippen MR) is 116 cm³/mol. The maximum absolute atomic E-state index is 13.2. The van der Waals surface area contributed by atoms with Crippen LogP contribution in [0.3, 0.4) is 0 Å². The molecule has 0 bridgehead atoms. The largest absolute Gasteiger partial charge is 0.496 e. The summed E-state index contributed by atoms with van der Waals surface area (Å²) < 4.78 is 7.61. The van der Waals surface area contributed by atoms with Gasteiger partial charge in [-0.3, -0.25) is 9.69 Å². The van der Waals surface area contributed by atoms with Crippen molar-refractivity contribution in [3.8, 4) is 5.75 Å². The Morgan fingerprint density at radius 2 is 1.93 bits per heavy atom. The summed E-state index contributed by atoms with van der Waals surface area (Å²) in [5.41, 5.74) is 5.01. The summed E-state index contributed by atoms with van der Waals surface area (Å²) in [5, 5.41) is 0. The molecular weight excluding hydrogens is 362 g/mol.